The molecule has 5 heteroatoms. The van der Waals surface area contributed by atoms with Crippen molar-refractivity contribution in [2.45, 2.75) is 5.88 Å². The second-order valence-electron chi connectivity index (χ2n) is 3.28. The number of hydrogen-bond acceptors (Lipinski definition) is 2. The van der Waals surface area contributed by atoms with Crippen LogP contribution in [-0.4, -0.2) is 4.98 Å². The lowest BCUT2D eigenvalue weighted by Gasteiger charge is -2.09. The zero-order chi connectivity index (χ0) is 12.3. The van der Waals surface area contributed by atoms with Gasteiger partial charge in [-0.15, -0.1) is 11.6 Å². The molecular formula is C12H8BrCl2NO. The van der Waals surface area contributed by atoms with Gasteiger partial charge < -0.3 is 4.74 Å². The predicted octanol–water partition coefficient (Wildman–Crippen LogP) is 5.03. The van der Waals surface area contributed by atoms with E-state index in [9.17, 15) is 0 Å². The fraction of sp³-hybridized carbons (Fsp3) is 0.0833. The molecule has 0 atom stereocenters. The zero-order valence-electron chi connectivity index (χ0n) is 8.66. The van der Waals surface area contributed by atoms with Gasteiger partial charge in [-0.25, -0.2) is 4.98 Å². The predicted molar refractivity (Wildman–Crippen MR) is 73.0 cm³/mol. The summed E-state index contributed by atoms with van der Waals surface area (Å²) in [5.74, 6) is 1.36. The molecule has 0 fully saturated rings. The van der Waals surface area contributed by atoms with Crippen LogP contribution in [-0.2, 0) is 5.88 Å². The van der Waals surface area contributed by atoms with E-state index in [1.165, 1.54) is 0 Å². The quantitative estimate of drug-likeness (QED) is 0.735. The van der Waals surface area contributed by atoms with Gasteiger partial charge in [0.15, 0.2) is 0 Å². The first-order chi connectivity index (χ1) is 8.20. The molecule has 0 amide bonds. The second-order valence-corrected chi connectivity index (χ2v) is 4.87. The normalized spacial score (nSPS) is 10.3. The molecule has 0 saturated heterocycles. The molecule has 0 saturated carbocycles. The Morgan fingerprint density at radius 3 is 2.88 bits per heavy atom. The minimum absolute atomic E-state index is 0.342. The minimum Gasteiger partial charge on any atom is -0.437 e. The molecule has 2 rings (SSSR count). The fourth-order valence-electron chi connectivity index (χ4n) is 1.28. The number of hydrogen-bond donors (Lipinski definition) is 0. The molecule has 2 nitrogen and oxygen atoms in total. The van der Waals surface area contributed by atoms with Crippen molar-refractivity contribution in [1.82, 2.24) is 4.98 Å². The van der Waals surface area contributed by atoms with Crippen LogP contribution in [0.5, 0.6) is 11.6 Å². The van der Waals surface area contributed by atoms with Crippen LogP contribution in [0.4, 0.5) is 0 Å². The molecule has 0 aliphatic rings. The summed E-state index contributed by atoms with van der Waals surface area (Å²) >= 11 is 15.2. The largest absolute Gasteiger partial charge is 0.437 e. The van der Waals surface area contributed by atoms with Crippen LogP contribution in [0.1, 0.15) is 5.56 Å². The number of alkyl halides is 1. The maximum atomic E-state index is 6.04. The third kappa shape index (κ3) is 3.12. The minimum atomic E-state index is 0.342. The summed E-state index contributed by atoms with van der Waals surface area (Å²) in [6.07, 6.45) is 1.65. The number of pyridine rings is 1. The molecule has 1 aromatic carbocycles. The summed E-state index contributed by atoms with van der Waals surface area (Å²) in [6.45, 7) is 0. The van der Waals surface area contributed by atoms with Crippen LogP contribution in [0.3, 0.4) is 0 Å². The molecule has 0 unspecified atom stereocenters. The van der Waals surface area contributed by atoms with Gasteiger partial charge in [-0.1, -0.05) is 33.6 Å². The molecule has 1 aromatic heterocycles. The third-order valence-corrected chi connectivity index (χ3v) is 3.19. The smallest absolute Gasteiger partial charge is 0.223 e. The molecule has 2 aromatic rings. The van der Waals surface area contributed by atoms with Crippen molar-refractivity contribution >= 4 is 39.1 Å². The van der Waals surface area contributed by atoms with Gasteiger partial charge in [0.1, 0.15) is 5.75 Å². The molecular weight excluding hydrogens is 325 g/mol. The van der Waals surface area contributed by atoms with Crippen LogP contribution in [0, 0.1) is 0 Å². The van der Waals surface area contributed by atoms with Gasteiger partial charge in [-0.2, -0.15) is 0 Å². The summed E-state index contributed by atoms with van der Waals surface area (Å²) in [5.41, 5.74) is 0.824. The highest BCUT2D eigenvalue weighted by Crippen LogP contribution is 2.32. The maximum absolute atomic E-state index is 6.04. The monoisotopic (exact) mass is 331 g/mol. The average Bonchev–Trinajstić information content (AvgIpc) is 2.34. The Morgan fingerprint density at radius 1 is 1.29 bits per heavy atom. The van der Waals surface area contributed by atoms with Gasteiger partial charge in [0.25, 0.3) is 0 Å². The third-order valence-electron chi connectivity index (χ3n) is 2.09. The molecule has 1 heterocycles. The molecule has 0 aliphatic heterocycles. The van der Waals surface area contributed by atoms with Crippen molar-refractivity contribution in [3.63, 3.8) is 0 Å². The number of ether oxygens (including phenoxy) is 1. The lowest BCUT2D eigenvalue weighted by molar-refractivity contribution is 0.458. The van der Waals surface area contributed by atoms with Crippen LogP contribution in [0.15, 0.2) is 41.0 Å². The summed E-state index contributed by atoms with van der Waals surface area (Å²) in [6, 6.07) is 9.06. The Bertz CT molecular complexity index is 534. The van der Waals surface area contributed by atoms with E-state index in [4.69, 9.17) is 27.9 Å². The van der Waals surface area contributed by atoms with Gasteiger partial charge in [-0.05, 0) is 24.3 Å². The summed E-state index contributed by atoms with van der Waals surface area (Å²) < 4.78 is 6.54. The highest BCUT2D eigenvalue weighted by atomic mass is 79.9. The Kier molecular flexibility index (Phi) is 4.26. The van der Waals surface area contributed by atoms with E-state index in [1.54, 1.807) is 18.3 Å². The van der Waals surface area contributed by atoms with E-state index in [2.05, 4.69) is 20.9 Å². The van der Waals surface area contributed by atoms with Crippen LogP contribution >= 0.6 is 39.1 Å². The Hall–Kier alpha value is -0.770. The zero-order valence-corrected chi connectivity index (χ0v) is 11.8. The lowest BCUT2D eigenvalue weighted by atomic mass is 10.3. The van der Waals surface area contributed by atoms with Crippen LogP contribution < -0.4 is 4.74 Å². The van der Waals surface area contributed by atoms with Crippen molar-refractivity contribution < 1.29 is 4.74 Å². The summed E-state index contributed by atoms with van der Waals surface area (Å²) in [7, 11) is 0. The number of rotatable bonds is 3. The van der Waals surface area contributed by atoms with Gasteiger partial charge in [0.2, 0.25) is 5.88 Å². The Morgan fingerprint density at radius 2 is 2.12 bits per heavy atom. The molecule has 88 valence electrons. The fourth-order valence-corrected chi connectivity index (χ4v) is 1.98. The number of benzene rings is 1. The van der Waals surface area contributed by atoms with Crippen LogP contribution in [0.2, 0.25) is 5.02 Å². The SMILES string of the molecule is ClCc1cccnc1Oc1cc(Br)ccc1Cl. The first-order valence-corrected chi connectivity index (χ1v) is 6.54. The number of aromatic nitrogens is 1. The number of nitrogens with zero attached hydrogens (tertiary/aromatic N) is 1. The topological polar surface area (TPSA) is 22.1 Å². The second kappa shape index (κ2) is 5.71. The highest BCUT2D eigenvalue weighted by molar-refractivity contribution is 9.10. The van der Waals surface area contributed by atoms with Crippen molar-refractivity contribution in [1.29, 1.82) is 0 Å². The van der Waals surface area contributed by atoms with Crippen molar-refractivity contribution in [2.75, 3.05) is 0 Å². The lowest BCUT2D eigenvalue weighted by Crippen LogP contribution is -1.93. The number of halogens is 3. The maximum Gasteiger partial charge on any atom is 0.223 e. The van der Waals surface area contributed by atoms with Crippen molar-refractivity contribution in [3.05, 3.63) is 51.6 Å². The van der Waals surface area contributed by atoms with E-state index in [0.717, 1.165) is 10.0 Å². The Balaban J connectivity index is 2.34. The Labute approximate surface area is 118 Å². The van der Waals surface area contributed by atoms with E-state index in [1.807, 2.05) is 18.2 Å². The van der Waals surface area contributed by atoms with E-state index >= 15 is 0 Å². The summed E-state index contributed by atoms with van der Waals surface area (Å²) in [5, 5.41) is 0.527. The first kappa shape index (κ1) is 12.7. The van der Waals surface area contributed by atoms with E-state index in [-0.39, 0.29) is 0 Å². The van der Waals surface area contributed by atoms with Gasteiger partial charge >= 0.3 is 0 Å². The van der Waals surface area contributed by atoms with Crippen molar-refractivity contribution in [3.8, 4) is 11.6 Å². The van der Waals surface area contributed by atoms with Gasteiger partial charge in [-0.3, -0.25) is 0 Å². The van der Waals surface area contributed by atoms with Gasteiger partial charge in [0, 0.05) is 16.2 Å². The van der Waals surface area contributed by atoms with Gasteiger partial charge in [0.05, 0.1) is 10.9 Å². The molecule has 17 heavy (non-hydrogen) atoms. The molecule has 0 radical (unpaired) electrons. The highest BCUT2D eigenvalue weighted by Gasteiger charge is 2.08. The average molecular weight is 333 g/mol. The van der Waals surface area contributed by atoms with E-state index < -0.39 is 0 Å². The summed E-state index contributed by atoms with van der Waals surface area (Å²) in [4.78, 5) is 4.13. The molecule has 0 aliphatic carbocycles. The van der Waals surface area contributed by atoms with Crippen LogP contribution in [0.25, 0.3) is 0 Å². The molecule has 0 bridgehead atoms. The first-order valence-electron chi connectivity index (χ1n) is 4.83. The van der Waals surface area contributed by atoms with Crippen molar-refractivity contribution in [2.24, 2.45) is 0 Å². The molecule has 0 N–H and O–H groups in total. The molecule has 0 spiro atoms. The van der Waals surface area contributed by atoms with E-state index in [0.29, 0.717) is 22.5 Å². The standard InChI is InChI=1S/C12H8BrCl2NO/c13-9-3-4-10(15)11(6-9)17-12-8(7-14)2-1-5-16-12/h1-6H,7H2.